The van der Waals surface area contributed by atoms with Crippen LogP contribution in [-0.2, 0) is 9.59 Å². The van der Waals surface area contributed by atoms with Gasteiger partial charge in [0, 0.05) is 28.3 Å². The molecule has 1 aliphatic rings. The summed E-state index contributed by atoms with van der Waals surface area (Å²) in [5.74, 6) is 0.803. The summed E-state index contributed by atoms with van der Waals surface area (Å²) in [5.41, 5.74) is 2.39. The number of ether oxygens (including phenoxy) is 1. The fraction of sp³-hybridized carbons (Fsp3) is 0.286. The standard InChI is InChI=1S/C28H30N2O3S/c1-33-24-14-8-13-23(19-24)30-28(32)26(20-9-4-2-5-10-20)34-25-17-15-22(16-18-25)29-27(31)21-11-6-3-7-12-21/h2,4-5,8-10,13-19,21,26H,3,6-7,11-12H2,1H3,(H,29,31)(H,30,32). The maximum atomic E-state index is 13.3. The van der Waals surface area contributed by atoms with Gasteiger partial charge in [-0.25, -0.2) is 0 Å². The predicted molar refractivity (Wildman–Crippen MR) is 138 cm³/mol. The van der Waals surface area contributed by atoms with Gasteiger partial charge >= 0.3 is 0 Å². The zero-order valence-corrected chi connectivity index (χ0v) is 20.1. The van der Waals surface area contributed by atoms with Gasteiger partial charge in [0.2, 0.25) is 11.8 Å². The maximum Gasteiger partial charge on any atom is 0.242 e. The lowest BCUT2D eigenvalue weighted by atomic mass is 9.88. The molecule has 0 radical (unpaired) electrons. The fourth-order valence-corrected chi connectivity index (χ4v) is 5.20. The predicted octanol–water partition coefficient (Wildman–Crippen LogP) is 6.69. The van der Waals surface area contributed by atoms with Gasteiger partial charge in [-0.1, -0.05) is 55.7 Å². The number of thioether (sulfide) groups is 1. The molecule has 0 bridgehead atoms. The summed E-state index contributed by atoms with van der Waals surface area (Å²) in [7, 11) is 1.60. The van der Waals surface area contributed by atoms with Crippen molar-refractivity contribution in [1.29, 1.82) is 0 Å². The summed E-state index contributed by atoms with van der Waals surface area (Å²) in [4.78, 5) is 26.8. The Morgan fingerprint density at radius 3 is 2.29 bits per heavy atom. The molecule has 6 heteroatoms. The summed E-state index contributed by atoms with van der Waals surface area (Å²) in [6.45, 7) is 0. The van der Waals surface area contributed by atoms with Crippen LogP contribution in [-0.4, -0.2) is 18.9 Å². The number of benzene rings is 3. The van der Waals surface area contributed by atoms with Crippen LogP contribution >= 0.6 is 11.8 Å². The lowest BCUT2D eigenvalue weighted by Crippen LogP contribution is -2.24. The zero-order chi connectivity index (χ0) is 23.8. The Morgan fingerprint density at radius 1 is 0.853 bits per heavy atom. The van der Waals surface area contributed by atoms with Crippen LogP contribution in [0.4, 0.5) is 11.4 Å². The number of nitrogens with one attached hydrogen (secondary N) is 2. The number of carbonyl (C=O) groups excluding carboxylic acids is 2. The lowest BCUT2D eigenvalue weighted by Gasteiger charge is -2.21. The highest BCUT2D eigenvalue weighted by Crippen LogP contribution is 2.37. The van der Waals surface area contributed by atoms with Crippen molar-refractivity contribution in [3.8, 4) is 5.75 Å². The van der Waals surface area contributed by atoms with Crippen LogP contribution in [0, 0.1) is 5.92 Å². The molecular formula is C28H30N2O3S. The number of anilines is 2. The number of amides is 2. The summed E-state index contributed by atoms with van der Waals surface area (Å²) in [6, 6.07) is 24.8. The van der Waals surface area contributed by atoms with E-state index >= 15 is 0 Å². The Morgan fingerprint density at radius 2 is 1.59 bits per heavy atom. The molecule has 2 N–H and O–H groups in total. The number of methoxy groups -OCH3 is 1. The molecule has 1 fully saturated rings. The van der Waals surface area contributed by atoms with Gasteiger partial charge in [-0.3, -0.25) is 9.59 Å². The van der Waals surface area contributed by atoms with Gasteiger partial charge in [0.15, 0.2) is 0 Å². The normalized spacial score (nSPS) is 14.7. The molecule has 2 amide bonds. The van der Waals surface area contributed by atoms with Crippen molar-refractivity contribution in [3.05, 3.63) is 84.4 Å². The zero-order valence-electron chi connectivity index (χ0n) is 19.3. The topological polar surface area (TPSA) is 67.4 Å². The Hall–Kier alpha value is -3.25. The maximum absolute atomic E-state index is 13.3. The van der Waals surface area contributed by atoms with E-state index in [0.29, 0.717) is 11.4 Å². The molecule has 0 spiro atoms. The molecule has 1 atom stereocenters. The van der Waals surface area contributed by atoms with E-state index in [0.717, 1.165) is 41.8 Å². The Balaban J connectivity index is 1.45. The van der Waals surface area contributed by atoms with Gasteiger partial charge in [0.05, 0.1) is 7.11 Å². The van der Waals surface area contributed by atoms with Crippen molar-refractivity contribution in [3.63, 3.8) is 0 Å². The third-order valence-electron chi connectivity index (χ3n) is 6.03. The fourth-order valence-electron chi connectivity index (χ4n) is 4.17. The second kappa shape index (κ2) is 11.7. The van der Waals surface area contributed by atoms with Gasteiger partial charge in [-0.05, 0) is 54.8 Å². The van der Waals surface area contributed by atoms with Gasteiger partial charge in [-0.15, -0.1) is 11.8 Å². The molecule has 0 aromatic heterocycles. The smallest absolute Gasteiger partial charge is 0.242 e. The lowest BCUT2D eigenvalue weighted by molar-refractivity contribution is -0.120. The van der Waals surface area contributed by atoms with E-state index in [1.807, 2.05) is 72.8 Å². The van der Waals surface area contributed by atoms with Gasteiger partial charge in [-0.2, -0.15) is 0 Å². The van der Waals surface area contributed by atoms with Gasteiger partial charge in [0.1, 0.15) is 11.0 Å². The minimum atomic E-state index is -0.435. The largest absolute Gasteiger partial charge is 0.497 e. The summed E-state index contributed by atoms with van der Waals surface area (Å²) < 4.78 is 5.27. The van der Waals surface area contributed by atoms with Crippen molar-refractivity contribution in [2.45, 2.75) is 42.2 Å². The minimum absolute atomic E-state index is 0.111. The summed E-state index contributed by atoms with van der Waals surface area (Å²) >= 11 is 1.48. The first-order chi connectivity index (χ1) is 16.6. The Kier molecular flexibility index (Phi) is 8.26. The Bertz CT molecular complexity index is 1100. The Labute approximate surface area is 205 Å². The molecule has 5 nitrogen and oxygen atoms in total. The molecule has 34 heavy (non-hydrogen) atoms. The molecule has 1 saturated carbocycles. The molecule has 3 aromatic carbocycles. The number of rotatable bonds is 8. The van der Waals surface area contributed by atoms with E-state index in [2.05, 4.69) is 10.6 Å². The number of carbonyl (C=O) groups is 2. The highest BCUT2D eigenvalue weighted by molar-refractivity contribution is 8.00. The first kappa shape index (κ1) is 23.9. The second-order valence-electron chi connectivity index (χ2n) is 8.48. The third kappa shape index (κ3) is 6.41. The van der Waals surface area contributed by atoms with E-state index < -0.39 is 5.25 Å². The second-order valence-corrected chi connectivity index (χ2v) is 9.66. The average Bonchev–Trinajstić information content (AvgIpc) is 2.89. The van der Waals surface area contributed by atoms with Gasteiger partial charge in [0.25, 0.3) is 0 Å². The average molecular weight is 475 g/mol. The molecule has 0 aliphatic heterocycles. The van der Waals surface area contributed by atoms with Crippen LogP contribution in [0.2, 0.25) is 0 Å². The van der Waals surface area contributed by atoms with Crippen molar-refractivity contribution in [2.24, 2.45) is 5.92 Å². The van der Waals surface area contributed by atoms with Crippen LogP contribution in [0.15, 0.2) is 83.8 Å². The molecule has 0 heterocycles. The first-order valence-electron chi connectivity index (χ1n) is 11.7. The van der Waals surface area contributed by atoms with Crippen LogP contribution < -0.4 is 15.4 Å². The van der Waals surface area contributed by atoms with Crippen molar-refractivity contribution >= 4 is 35.0 Å². The molecule has 4 rings (SSSR count). The van der Waals surface area contributed by atoms with Crippen molar-refractivity contribution in [1.82, 2.24) is 0 Å². The molecule has 0 saturated heterocycles. The van der Waals surface area contributed by atoms with Gasteiger partial charge < -0.3 is 15.4 Å². The third-order valence-corrected chi connectivity index (χ3v) is 7.30. The molecule has 3 aromatic rings. The van der Waals surface area contributed by atoms with E-state index in [1.54, 1.807) is 13.2 Å². The van der Waals surface area contributed by atoms with Crippen LogP contribution in [0.3, 0.4) is 0 Å². The summed E-state index contributed by atoms with van der Waals surface area (Å²) in [6.07, 6.45) is 5.43. The quantitative estimate of drug-likeness (QED) is 0.357. The summed E-state index contributed by atoms with van der Waals surface area (Å²) in [5, 5.41) is 5.63. The van der Waals surface area contributed by atoms with E-state index in [4.69, 9.17) is 4.74 Å². The molecule has 1 unspecified atom stereocenters. The number of hydrogen-bond acceptors (Lipinski definition) is 4. The highest BCUT2D eigenvalue weighted by atomic mass is 32.2. The number of hydrogen-bond donors (Lipinski definition) is 2. The molecule has 1 aliphatic carbocycles. The van der Waals surface area contributed by atoms with Crippen molar-refractivity contribution in [2.75, 3.05) is 17.7 Å². The molecular weight excluding hydrogens is 444 g/mol. The molecule has 176 valence electrons. The van der Waals surface area contributed by atoms with E-state index in [9.17, 15) is 9.59 Å². The highest BCUT2D eigenvalue weighted by Gasteiger charge is 2.23. The van der Waals surface area contributed by atoms with E-state index in [1.165, 1.54) is 18.2 Å². The SMILES string of the molecule is COc1cccc(NC(=O)C(Sc2ccc(NC(=O)C3CCCCC3)cc2)c2ccccc2)c1. The minimum Gasteiger partial charge on any atom is -0.497 e. The first-order valence-corrected chi connectivity index (χ1v) is 12.6. The van der Waals surface area contributed by atoms with Crippen LogP contribution in [0.5, 0.6) is 5.75 Å². The van der Waals surface area contributed by atoms with Crippen LogP contribution in [0.25, 0.3) is 0 Å². The van der Waals surface area contributed by atoms with Crippen molar-refractivity contribution < 1.29 is 14.3 Å². The van der Waals surface area contributed by atoms with Crippen LogP contribution in [0.1, 0.15) is 42.9 Å². The monoisotopic (exact) mass is 474 g/mol. The van der Waals surface area contributed by atoms with E-state index in [-0.39, 0.29) is 17.7 Å².